The Balaban J connectivity index is 2.00. The van der Waals surface area contributed by atoms with Gasteiger partial charge in [-0.25, -0.2) is 0 Å². The maximum Gasteiger partial charge on any atom is 0.273 e. The topological polar surface area (TPSA) is 67.2 Å². The Morgan fingerprint density at radius 1 is 1.35 bits per heavy atom. The molecule has 0 aliphatic rings. The molecule has 2 rings (SSSR count). The molecule has 0 fully saturated rings. The molecule has 5 nitrogen and oxygen atoms in total. The van der Waals surface area contributed by atoms with E-state index in [1.54, 1.807) is 18.2 Å². The van der Waals surface area contributed by atoms with Gasteiger partial charge in [0, 0.05) is 23.2 Å². The summed E-state index contributed by atoms with van der Waals surface area (Å²) >= 11 is 5.92. The van der Waals surface area contributed by atoms with Crippen LogP contribution >= 0.6 is 11.6 Å². The Labute approximate surface area is 122 Å². The maximum absolute atomic E-state index is 11.8. The molecule has 1 aromatic carbocycles. The molecule has 2 aromatic rings. The van der Waals surface area contributed by atoms with E-state index in [0.717, 1.165) is 18.5 Å². The van der Waals surface area contributed by atoms with Crippen molar-refractivity contribution < 1.29 is 9.32 Å². The lowest BCUT2D eigenvalue weighted by Crippen LogP contribution is -2.26. The van der Waals surface area contributed by atoms with Gasteiger partial charge in [0.1, 0.15) is 0 Å². The molecule has 0 spiro atoms. The van der Waals surface area contributed by atoms with Crippen LogP contribution in [0.2, 0.25) is 5.02 Å². The van der Waals surface area contributed by atoms with E-state index < -0.39 is 0 Å². The van der Waals surface area contributed by atoms with Crippen LogP contribution in [0.1, 0.15) is 16.9 Å². The highest BCUT2D eigenvalue weighted by Gasteiger charge is 2.13. The smallest absolute Gasteiger partial charge is 0.273 e. The normalized spacial score (nSPS) is 10.5. The Morgan fingerprint density at radius 2 is 2.20 bits per heavy atom. The van der Waals surface area contributed by atoms with E-state index >= 15 is 0 Å². The summed E-state index contributed by atoms with van der Waals surface area (Å²) in [6, 6.07) is 8.81. The first kappa shape index (κ1) is 14.6. The summed E-state index contributed by atoms with van der Waals surface area (Å²) in [5.41, 5.74) is 1.06. The number of nitrogens with one attached hydrogen (secondary N) is 2. The van der Waals surface area contributed by atoms with Crippen molar-refractivity contribution in [2.24, 2.45) is 0 Å². The van der Waals surface area contributed by atoms with Crippen molar-refractivity contribution in [1.82, 2.24) is 15.8 Å². The predicted octanol–water partition coefficient (Wildman–Crippen LogP) is 2.33. The second-order valence-electron chi connectivity index (χ2n) is 4.30. The van der Waals surface area contributed by atoms with Crippen LogP contribution in [0.25, 0.3) is 11.3 Å². The minimum Gasteiger partial charge on any atom is -0.355 e. The van der Waals surface area contributed by atoms with Gasteiger partial charge >= 0.3 is 0 Å². The minimum absolute atomic E-state index is 0.238. The summed E-state index contributed by atoms with van der Waals surface area (Å²) in [7, 11) is 1.87. The van der Waals surface area contributed by atoms with Gasteiger partial charge in [-0.3, -0.25) is 4.79 Å². The number of nitrogens with zero attached hydrogens (tertiary/aromatic N) is 1. The second-order valence-corrected chi connectivity index (χ2v) is 4.74. The Hall–Kier alpha value is -1.85. The van der Waals surface area contributed by atoms with Gasteiger partial charge in [-0.1, -0.05) is 28.9 Å². The van der Waals surface area contributed by atoms with Gasteiger partial charge in [0.2, 0.25) is 0 Å². The van der Waals surface area contributed by atoms with E-state index in [0.29, 0.717) is 17.3 Å². The van der Waals surface area contributed by atoms with Crippen molar-refractivity contribution >= 4 is 17.5 Å². The van der Waals surface area contributed by atoms with Gasteiger partial charge in [-0.05, 0) is 32.1 Å². The number of benzene rings is 1. The number of amides is 1. The molecular weight excluding hydrogens is 278 g/mol. The summed E-state index contributed by atoms with van der Waals surface area (Å²) in [5.74, 6) is 0.283. The molecule has 0 bridgehead atoms. The van der Waals surface area contributed by atoms with Crippen LogP contribution in [0.4, 0.5) is 0 Å². The number of halogens is 1. The van der Waals surface area contributed by atoms with Crippen molar-refractivity contribution in [2.75, 3.05) is 20.1 Å². The van der Waals surface area contributed by atoms with Crippen molar-refractivity contribution in [1.29, 1.82) is 0 Å². The summed E-state index contributed by atoms with van der Waals surface area (Å²) < 4.78 is 5.17. The van der Waals surface area contributed by atoms with E-state index in [1.807, 2.05) is 19.2 Å². The molecule has 1 amide bonds. The fourth-order valence-corrected chi connectivity index (χ4v) is 1.91. The third kappa shape index (κ3) is 3.82. The van der Waals surface area contributed by atoms with Crippen molar-refractivity contribution in [3.05, 3.63) is 41.0 Å². The fourth-order valence-electron chi connectivity index (χ4n) is 1.72. The van der Waals surface area contributed by atoms with Crippen molar-refractivity contribution in [3.8, 4) is 11.3 Å². The zero-order chi connectivity index (χ0) is 14.4. The van der Waals surface area contributed by atoms with Gasteiger partial charge in [0.15, 0.2) is 11.5 Å². The number of hydrogen-bond donors (Lipinski definition) is 2. The third-order valence-electron chi connectivity index (χ3n) is 2.74. The molecule has 0 unspecified atom stereocenters. The maximum atomic E-state index is 11.8. The van der Waals surface area contributed by atoms with Crippen LogP contribution in [-0.4, -0.2) is 31.2 Å². The first-order chi connectivity index (χ1) is 9.70. The van der Waals surface area contributed by atoms with Gasteiger partial charge in [0.05, 0.1) is 0 Å². The first-order valence-corrected chi connectivity index (χ1v) is 6.74. The number of carbonyl (C=O) groups excluding carboxylic acids is 1. The molecule has 2 N–H and O–H groups in total. The number of hydrogen-bond acceptors (Lipinski definition) is 4. The zero-order valence-corrected chi connectivity index (χ0v) is 11.9. The predicted molar refractivity (Wildman–Crippen MR) is 77.8 cm³/mol. The summed E-state index contributed by atoms with van der Waals surface area (Å²) in [6.07, 6.45) is 0.862. The molecule has 0 saturated heterocycles. The molecular formula is C14H16ClN3O2. The summed E-state index contributed by atoms with van der Waals surface area (Å²) in [6.45, 7) is 1.45. The Bertz CT molecular complexity index is 583. The minimum atomic E-state index is -0.238. The lowest BCUT2D eigenvalue weighted by Gasteiger charge is -2.01. The van der Waals surface area contributed by atoms with Gasteiger partial charge in [-0.2, -0.15) is 0 Å². The van der Waals surface area contributed by atoms with E-state index in [-0.39, 0.29) is 11.6 Å². The van der Waals surface area contributed by atoms with Crippen LogP contribution in [0.3, 0.4) is 0 Å². The molecule has 106 valence electrons. The molecule has 0 aliphatic carbocycles. The quantitative estimate of drug-likeness (QED) is 0.802. The van der Waals surface area contributed by atoms with Crippen LogP contribution in [0.5, 0.6) is 0 Å². The van der Waals surface area contributed by atoms with Crippen LogP contribution in [-0.2, 0) is 0 Å². The number of rotatable bonds is 6. The molecule has 0 atom stereocenters. The van der Waals surface area contributed by atoms with E-state index in [4.69, 9.17) is 16.1 Å². The highest BCUT2D eigenvalue weighted by atomic mass is 35.5. The number of carbonyl (C=O) groups is 1. The lowest BCUT2D eigenvalue weighted by atomic mass is 10.1. The monoisotopic (exact) mass is 293 g/mol. The van der Waals surface area contributed by atoms with E-state index in [9.17, 15) is 4.79 Å². The first-order valence-electron chi connectivity index (χ1n) is 6.36. The number of aromatic nitrogens is 1. The zero-order valence-electron chi connectivity index (χ0n) is 11.1. The molecule has 6 heteroatoms. The molecule has 1 aromatic heterocycles. The van der Waals surface area contributed by atoms with Gasteiger partial charge < -0.3 is 15.2 Å². The average Bonchev–Trinajstić information content (AvgIpc) is 2.93. The molecule has 20 heavy (non-hydrogen) atoms. The SMILES string of the molecule is CNCCCNC(=O)c1cc(-c2cccc(Cl)c2)on1. The highest BCUT2D eigenvalue weighted by molar-refractivity contribution is 6.30. The van der Waals surface area contributed by atoms with Crippen LogP contribution < -0.4 is 10.6 Å². The van der Waals surface area contributed by atoms with Crippen LogP contribution in [0, 0.1) is 0 Å². The van der Waals surface area contributed by atoms with Crippen molar-refractivity contribution in [2.45, 2.75) is 6.42 Å². The van der Waals surface area contributed by atoms with Crippen molar-refractivity contribution in [3.63, 3.8) is 0 Å². The van der Waals surface area contributed by atoms with Crippen LogP contribution in [0.15, 0.2) is 34.9 Å². The summed E-state index contributed by atoms with van der Waals surface area (Å²) in [4.78, 5) is 11.8. The standard InChI is InChI=1S/C14H16ClN3O2/c1-16-6-3-7-17-14(19)12-9-13(20-18-12)10-4-2-5-11(15)8-10/h2,4-5,8-9,16H,3,6-7H2,1H3,(H,17,19). The average molecular weight is 294 g/mol. The third-order valence-corrected chi connectivity index (χ3v) is 2.98. The molecule has 0 radical (unpaired) electrons. The Kier molecular flexibility index (Phi) is 5.15. The molecule has 0 aliphatic heterocycles. The fraction of sp³-hybridized carbons (Fsp3) is 0.286. The second kappa shape index (κ2) is 7.07. The molecule has 0 saturated carbocycles. The largest absolute Gasteiger partial charge is 0.355 e. The summed E-state index contributed by atoms with van der Waals surface area (Å²) in [5, 5.41) is 10.2. The van der Waals surface area contributed by atoms with Gasteiger partial charge in [-0.15, -0.1) is 0 Å². The Morgan fingerprint density at radius 3 is 2.95 bits per heavy atom. The van der Waals surface area contributed by atoms with E-state index in [1.165, 1.54) is 0 Å². The van der Waals surface area contributed by atoms with Gasteiger partial charge in [0.25, 0.3) is 5.91 Å². The highest BCUT2D eigenvalue weighted by Crippen LogP contribution is 2.23. The molecule has 1 heterocycles. The van der Waals surface area contributed by atoms with E-state index in [2.05, 4.69) is 15.8 Å². The lowest BCUT2D eigenvalue weighted by molar-refractivity contribution is 0.0944.